The minimum absolute atomic E-state index is 0. The zero-order valence-corrected chi connectivity index (χ0v) is 24.1. The molecule has 0 aliphatic carbocycles. The van der Waals surface area contributed by atoms with Crippen molar-refractivity contribution in [3.8, 4) is 0 Å². The van der Waals surface area contributed by atoms with Gasteiger partial charge in [0.25, 0.3) is 0 Å². The SMILES string of the molecule is CCCCCCCCCCCC(=O)NCC(C)OC(=O)CC(C(=O)[O-])S(=O)(=O)[O-].[Na+].[Na+]. The van der Waals surface area contributed by atoms with Crippen molar-refractivity contribution in [2.75, 3.05) is 6.54 Å². The Balaban J connectivity index is -0.00000392. The van der Waals surface area contributed by atoms with Gasteiger partial charge in [-0.05, 0) is 13.3 Å². The molecule has 1 N–H and O–H groups in total. The number of aliphatic carboxylic acids is 1. The summed E-state index contributed by atoms with van der Waals surface area (Å²) >= 11 is 0. The number of hydrogen-bond acceptors (Lipinski definition) is 8. The standard InChI is InChI=1S/C19H35NO8S.2Na/c1-3-4-5-6-7-8-9-10-11-12-17(21)20-14-15(2)28-18(22)13-16(19(23)24)29(25,26)27;;/h15-16H,3-14H2,1-2H3,(H,20,21)(H,23,24)(H,25,26,27);;/q;2*+1/p-2. The number of rotatable bonds is 17. The van der Waals surface area contributed by atoms with Crippen LogP contribution < -0.4 is 69.5 Å². The van der Waals surface area contributed by atoms with Crippen molar-refractivity contribution in [1.29, 1.82) is 0 Å². The van der Waals surface area contributed by atoms with Crippen molar-refractivity contribution in [2.45, 2.75) is 95.8 Å². The van der Waals surface area contributed by atoms with Crippen LogP contribution in [0.3, 0.4) is 0 Å². The number of carbonyl (C=O) groups is 3. The van der Waals surface area contributed by atoms with Crippen molar-refractivity contribution >= 4 is 28.0 Å². The normalized spacial score (nSPS) is 12.6. The third kappa shape index (κ3) is 20.6. The van der Waals surface area contributed by atoms with Crippen LogP contribution in [-0.4, -0.2) is 48.7 Å². The van der Waals surface area contributed by atoms with Gasteiger partial charge in [-0.2, -0.15) is 0 Å². The number of carbonyl (C=O) groups excluding carboxylic acids is 3. The molecule has 0 aromatic carbocycles. The van der Waals surface area contributed by atoms with Crippen molar-refractivity contribution in [1.82, 2.24) is 5.32 Å². The van der Waals surface area contributed by atoms with Gasteiger partial charge in [0.2, 0.25) is 5.91 Å². The van der Waals surface area contributed by atoms with Gasteiger partial charge in [-0.1, -0.05) is 58.3 Å². The number of carboxylic acid groups (broad SMARTS) is 1. The van der Waals surface area contributed by atoms with Gasteiger partial charge in [-0.15, -0.1) is 0 Å². The monoisotopic (exact) mass is 481 g/mol. The molecule has 0 saturated heterocycles. The Hall–Kier alpha value is 0.320. The average molecular weight is 482 g/mol. The summed E-state index contributed by atoms with van der Waals surface area (Å²) in [5, 5.41) is 10.8. The van der Waals surface area contributed by atoms with E-state index in [0.29, 0.717) is 6.42 Å². The molecule has 0 radical (unpaired) electrons. The first-order valence-electron chi connectivity index (χ1n) is 10.2. The Morgan fingerprint density at radius 2 is 1.42 bits per heavy atom. The molecule has 12 heteroatoms. The number of hydrogen-bond donors (Lipinski definition) is 1. The zero-order valence-electron chi connectivity index (χ0n) is 19.3. The summed E-state index contributed by atoms with van der Waals surface area (Å²) in [7, 11) is -5.23. The molecule has 170 valence electrons. The van der Waals surface area contributed by atoms with E-state index >= 15 is 0 Å². The molecular weight excluding hydrogens is 448 g/mol. The van der Waals surface area contributed by atoms with E-state index in [1.54, 1.807) is 0 Å². The second kappa shape index (κ2) is 20.9. The second-order valence-corrected chi connectivity index (χ2v) is 8.74. The Labute approximate surface area is 230 Å². The number of ether oxygens (including phenoxy) is 1. The summed E-state index contributed by atoms with van der Waals surface area (Å²) in [5.41, 5.74) is 0. The van der Waals surface area contributed by atoms with Gasteiger partial charge >= 0.3 is 65.1 Å². The van der Waals surface area contributed by atoms with Crippen molar-refractivity contribution < 1.29 is 96.3 Å². The molecule has 2 atom stereocenters. The third-order valence-electron chi connectivity index (χ3n) is 4.39. The van der Waals surface area contributed by atoms with Crippen LogP contribution in [0.2, 0.25) is 0 Å². The van der Waals surface area contributed by atoms with Crippen LogP contribution in [0.25, 0.3) is 0 Å². The molecule has 9 nitrogen and oxygen atoms in total. The first-order chi connectivity index (χ1) is 13.6. The Kier molecular flexibility index (Phi) is 24.2. The molecule has 0 fully saturated rings. The number of esters is 1. The van der Waals surface area contributed by atoms with Gasteiger partial charge in [-0.3, -0.25) is 9.59 Å². The smallest absolute Gasteiger partial charge is 0.747 e. The molecule has 0 bridgehead atoms. The van der Waals surface area contributed by atoms with Crippen LogP contribution in [0.15, 0.2) is 0 Å². The fourth-order valence-electron chi connectivity index (χ4n) is 2.71. The van der Waals surface area contributed by atoms with Gasteiger partial charge in [0.05, 0.1) is 24.2 Å². The quantitative estimate of drug-likeness (QED) is 0.0938. The maximum atomic E-state index is 11.8. The van der Waals surface area contributed by atoms with E-state index in [2.05, 4.69) is 12.2 Å². The van der Waals surface area contributed by atoms with E-state index in [9.17, 15) is 32.5 Å². The molecule has 1 amide bonds. The summed E-state index contributed by atoms with van der Waals surface area (Å²) < 4.78 is 37.2. The van der Waals surface area contributed by atoms with E-state index in [0.717, 1.165) is 19.3 Å². The molecule has 0 spiro atoms. The molecular formula is C19H33NNa2O8S. The molecule has 0 heterocycles. The predicted molar refractivity (Wildman–Crippen MR) is 104 cm³/mol. The van der Waals surface area contributed by atoms with Gasteiger partial charge < -0.3 is 24.5 Å². The van der Waals surface area contributed by atoms with Gasteiger partial charge in [0.1, 0.15) is 16.2 Å². The van der Waals surface area contributed by atoms with Crippen LogP contribution in [0.4, 0.5) is 0 Å². The fraction of sp³-hybridized carbons (Fsp3) is 0.842. The Morgan fingerprint density at radius 1 is 0.935 bits per heavy atom. The van der Waals surface area contributed by atoms with Crippen LogP contribution in [0.1, 0.15) is 84.5 Å². The Morgan fingerprint density at radius 3 is 1.87 bits per heavy atom. The number of nitrogens with one attached hydrogen (secondary N) is 1. The summed E-state index contributed by atoms with van der Waals surface area (Å²) in [4.78, 5) is 34.0. The average Bonchev–Trinajstić information content (AvgIpc) is 2.62. The van der Waals surface area contributed by atoms with Crippen LogP contribution in [-0.2, 0) is 29.2 Å². The molecule has 0 rings (SSSR count). The molecule has 0 aliphatic heterocycles. The predicted octanol–water partition coefficient (Wildman–Crippen LogP) is -4.98. The fourth-order valence-corrected chi connectivity index (χ4v) is 3.29. The van der Waals surface area contributed by atoms with Crippen molar-refractivity contribution in [3.05, 3.63) is 0 Å². The topological polar surface area (TPSA) is 153 Å². The van der Waals surface area contributed by atoms with E-state index < -0.39 is 39.8 Å². The number of unbranched alkanes of at least 4 members (excludes halogenated alkanes) is 8. The van der Waals surface area contributed by atoms with Gasteiger partial charge in [0.15, 0.2) is 0 Å². The molecule has 0 saturated carbocycles. The van der Waals surface area contributed by atoms with E-state index in [1.807, 2.05) is 0 Å². The van der Waals surface area contributed by atoms with Crippen LogP contribution in [0, 0.1) is 0 Å². The molecule has 31 heavy (non-hydrogen) atoms. The summed E-state index contributed by atoms with van der Waals surface area (Å²) in [6.45, 7) is 3.64. The zero-order chi connectivity index (χ0) is 22.3. The third-order valence-corrected chi connectivity index (χ3v) is 5.45. The maximum Gasteiger partial charge on any atom is 1.00 e. The molecule has 0 aliphatic rings. The Bertz CT molecular complexity index is 616. The summed E-state index contributed by atoms with van der Waals surface area (Å²) in [6, 6.07) is 0. The minimum Gasteiger partial charge on any atom is -0.747 e. The summed E-state index contributed by atoms with van der Waals surface area (Å²) in [5.74, 6) is -3.51. The van der Waals surface area contributed by atoms with E-state index in [4.69, 9.17) is 4.74 Å². The maximum absolute atomic E-state index is 11.8. The molecule has 0 aromatic heterocycles. The minimum atomic E-state index is -5.23. The van der Waals surface area contributed by atoms with Crippen LogP contribution in [0.5, 0.6) is 0 Å². The first kappa shape index (κ1) is 35.9. The van der Waals surface area contributed by atoms with E-state index in [1.165, 1.54) is 45.4 Å². The van der Waals surface area contributed by atoms with Crippen molar-refractivity contribution in [3.63, 3.8) is 0 Å². The second-order valence-electron chi connectivity index (χ2n) is 7.19. The number of carboxylic acids is 1. The van der Waals surface area contributed by atoms with Gasteiger partial charge in [0, 0.05) is 6.42 Å². The van der Waals surface area contributed by atoms with Crippen molar-refractivity contribution in [2.24, 2.45) is 0 Å². The van der Waals surface area contributed by atoms with Crippen LogP contribution >= 0.6 is 0 Å². The number of amides is 1. The summed E-state index contributed by atoms with van der Waals surface area (Å²) in [6.07, 6.45) is 8.70. The van der Waals surface area contributed by atoms with Gasteiger partial charge in [-0.25, -0.2) is 8.42 Å². The first-order valence-corrected chi connectivity index (χ1v) is 11.7. The largest absolute Gasteiger partial charge is 1.00 e. The molecule has 0 aromatic rings. The molecule has 2 unspecified atom stereocenters. The van der Waals surface area contributed by atoms with E-state index in [-0.39, 0.29) is 71.6 Å².